The Morgan fingerprint density at radius 3 is 2.24 bits per heavy atom. The first-order valence-electron chi connectivity index (χ1n) is 7.07. The highest BCUT2D eigenvalue weighted by Crippen LogP contribution is 2.33. The molecule has 9 heteroatoms. The van der Waals surface area contributed by atoms with Gasteiger partial charge in [-0.15, -0.1) is 0 Å². The van der Waals surface area contributed by atoms with Gasteiger partial charge in [0, 0.05) is 20.9 Å². The van der Waals surface area contributed by atoms with Crippen LogP contribution in [0.15, 0.2) is 59.3 Å². The van der Waals surface area contributed by atoms with E-state index >= 15 is 0 Å². The van der Waals surface area contributed by atoms with E-state index in [1.54, 1.807) is 36.4 Å². The van der Waals surface area contributed by atoms with E-state index in [2.05, 4.69) is 36.5 Å². The third kappa shape index (κ3) is 4.23. The smallest absolute Gasteiger partial charge is 0.334 e. The lowest BCUT2D eigenvalue weighted by molar-refractivity contribution is -0.383. The van der Waals surface area contributed by atoms with Crippen LogP contribution in [-0.2, 0) is 0 Å². The third-order valence-corrected chi connectivity index (χ3v) is 3.94. The number of hydrogen-bond acceptors (Lipinski definition) is 6. The van der Waals surface area contributed by atoms with Gasteiger partial charge in [0.2, 0.25) is 11.6 Å². The number of aromatic nitrogens is 2. The molecule has 1 heterocycles. The highest BCUT2D eigenvalue weighted by atomic mass is 79.9. The minimum atomic E-state index is -0.529. The van der Waals surface area contributed by atoms with Crippen LogP contribution >= 0.6 is 27.5 Å². The maximum atomic E-state index is 11.6. The van der Waals surface area contributed by atoms with Gasteiger partial charge in [-0.05, 0) is 42.5 Å². The van der Waals surface area contributed by atoms with Gasteiger partial charge >= 0.3 is 5.69 Å². The number of nitrogens with zero attached hydrogens (tertiary/aromatic N) is 3. The van der Waals surface area contributed by atoms with E-state index < -0.39 is 4.92 Å². The van der Waals surface area contributed by atoms with Crippen LogP contribution in [0.4, 0.5) is 28.7 Å². The van der Waals surface area contributed by atoms with Gasteiger partial charge in [0.05, 0.1) is 4.92 Å². The molecular weight excluding hydrogens is 410 g/mol. The molecule has 3 rings (SSSR count). The first-order chi connectivity index (χ1) is 12.0. The van der Waals surface area contributed by atoms with Crippen LogP contribution in [-0.4, -0.2) is 14.9 Å². The molecule has 0 unspecified atom stereocenters. The summed E-state index contributed by atoms with van der Waals surface area (Å²) in [5.74, 6) is 0.175. The second-order valence-corrected chi connectivity index (χ2v) is 6.30. The molecule has 0 saturated carbocycles. The normalized spacial score (nSPS) is 10.3. The van der Waals surface area contributed by atoms with E-state index in [9.17, 15) is 10.1 Å². The number of halogens is 2. The maximum Gasteiger partial charge on any atom is 0.353 e. The van der Waals surface area contributed by atoms with Gasteiger partial charge in [-0.2, -0.15) is 0 Å². The average molecular weight is 421 g/mol. The van der Waals surface area contributed by atoms with E-state index in [0.29, 0.717) is 16.4 Å². The fourth-order valence-corrected chi connectivity index (χ4v) is 2.63. The summed E-state index contributed by atoms with van der Waals surface area (Å²) >= 11 is 9.21. The van der Waals surface area contributed by atoms with Crippen molar-refractivity contribution in [2.45, 2.75) is 0 Å². The molecule has 126 valence electrons. The summed E-state index contributed by atoms with van der Waals surface area (Å²) in [6.45, 7) is 0. The Bertz CT molecular complexity index is 921. The molecule has 0 aliphatic rings. The van der Waals surface area contributed by atoms with Gasteiger partial charge in [0.1, 0.15) is 6.33 Å². The SMILES string of the molecule is O=[N+]([O-])c1c(Nc2ccc(Cl)cc2)ncnc1Nc1cccc(Br)c1. The van der Waals surface area contributed by atoms with Crippen LogP contribution in [0.5, 0.6) is 0 Å². The van der Waals surface area contributed by atoms with Crippen LogP contribution in [0.3, 0.4) is 0 Å². The molecule has 3 aromatic rings. The van der Waals surface area contributed by atoms with Gasteiger partial charge < -0.3 is 10.6 Å². The second kappa shape index (κ2) is 7.45. The topological polar surface area (TPSA) is 93.0 Å². The fraction of sp³-hybridized carbons (Fsp3) is 0. The summed E-state index contributed by atoms with van der Waals surface area (Å²) < 4.78 is 0.841. The van der Waals surface area contributed by atoms with E-state index in [0.717, 1.165) is 4.47 Å². The Morgan fingerprint density at radius 1 is 1.00 bits per heavy atom. The monoisotopic (exact) mass is 419 g/mol. The van der Waals surface area contributed by atoms with E-state index in [4.69, 9.17) is 11.6 Å². The molecule has 0 saturated heterocycles. The van der Waals surface area contributed by atoms with Gasteiger partial charge in [-0.3, -0.25) is 10.1 Å². The zero-order valence-corrected chi connectivity index (χ0v) is 15.0. The lowest BCUT2D eigenvalue weighted by Gasteiger charge is -2.10. The molecule has 0 radical (unpaired) electrons. The summed E-state index contributed by atoms with van der Waals surface area (Å²) in [6, 6.07) is 14.0. The Labute approximate surface area is 156 Å². The summed E-state index contributed by atoms with van der Waals surface area (Å²) in [6.07, 6.45) is 1.26. The van der Waals surface area contributed by atoms with Crippen molar-refractivity contribution >= 4 is 56.2 Å². The lowest BCUT2D eigenvalue weighted by atomic mass is 10.3. The first kappa shape index (κ1) is 17.1. The highest BCUT2D eigenvalue weighted by molar-refractivity contribution is 9.10. The minimum absolute atomic E-state index is 0.0832. The predicted octanol–water partition coefficient (Wildman–Crippen LogP) is 5.29. The largest absolute Gasteiger partial charge is 0.353 e. The van der Waals surface area contributed by atoms with Crippen molar-refractivity contribution in [3.8, 4) is 0 Å². The molecule has 2 N–H and O–H groups in total. The van der Waals surface area contributed by atoms with Crippen LogP contribution in [0, 0.1) is 10.1 Å². The Kier molecular flexibility index (Phi) is 5.11. The van der Waals surface area contributed by atoms with Crippen molar-refractivity contribution in [2.24, 2.45) is 0 Å². The van der Waals surface area contributed by atoms with Gasteiger partial charge in [0.25, 0.3) is 0 Å². The van der Waals surface area contributed by atoms with Crippen molar-refractivity contribution in [1.29, 1.82) is 0 Å². The number of nitro groups is 1. The van der Waals surface area contributed by atoms with Crippen LogP contribution in [0.2, 0.25) is 5.02 Å². The lowest BCUT2D eigenvalue weighted by Crippen LogP contribution is -2.05. The van der Waals surface area contributed by atoms with Crippen molar-refractivity contribution in [2.75, 3.05) is 10.6 Å². The molecular formula is C16H11BrClN5O2. The predicted molar refractivity (Wildman–Crippen MR) is 101 cm³/mol. The number of nitrogens with one attached hydrogen (secondary N) is 2. The summed E-state index contributed by atoms with van der Waals surface area (Å²) in [5.41, 5.74) is 1.03. The van der Waals surface area contributed by atoms with E-state index in [-0.39, 0.29) is 17.3 Å². The van der Waals surface area contributed by atoms with Crippen molar-refractivity contribution in [1.82, 2.24) is 9.97 Å². The number of hydrogen-bond donors (Lipinski definition) is 2. The zero-order chi connectivity index (χ0) is 17.8. The molecule has 7 nitrogen and oxygen atoms in total. The molecule has 1 aromatic heterocycles. The zero-order valence-electron chi connectivity index (χ0n) is 12.6. The van der Waals surface area contributed by atoms with Crippen LogP contribution in [0.1, 0.15) is 0 Å². The molecule has 0 amide bonds. The quantitative estimate of drug-likeness (QED) is 0.430. The molecule has 0 aliphatic heterocycles. The van der Waals surface area contributed by atoms with Crippen molar-refractivity contribution < 1.29 is 4.92 Å². The minimum Gasteiger partial charge on any atom is -0.334 e. The van der Waals surface area contributed by atoms with Gasteiger partial charge in [-0.1, -0.05) is 33.6 Å². The van der Waals surface area contributed by atoms with E-state index in [1.807, 2.05) is 12.1 Å². The summed E-state index contributed by atoms with van der Waals surface area (Å²) in [4.78, 5) is 19.0. The standard InChI is InChI=1S/C16H11BrClN5O2/c17-10-2-1-3-13(8-10)22-16-14(23(24)25)15(19-9-20-16)21-12-6-4-11(18)5-7-12/h1-9H,(H2,19,20,21,22). The fourth-order valence-electron chi connectivity index (χ4n) is 2.11. The molecule has 25 heavy (non-hydrogen) atoms. The van der Waals surface area contributed by atoms with Gasteiger partial charge in [-0.25, -0.2) is 9.97 Å². The Balaban J connectivity index is 1.96. The second-order valence-electron chi connectivity index (χ2n) is 4.94. The van der Waals surface area contributed by atoms with Gasteiger partial charge in [0.15, 0.2) is 0 Å². The number of rotatable bonds is 5. The maximum absolute atomic E-state index is 11.6. The van der Waals surface area contributed by atoms with E-state index in [1.165, 1.54) is 6.33 Å². The van der Waals surface area contributed by atoms with Crippen LogP contribution < -0.4 is 10.6 Å². The van der Waals surface area contributed by atoms with Crippen LogP contribution in [0.25, 0.3) is 0 Å². The summed E-state index contributed by atoms with van der Waals surface area (Å²) in [7, 11) is 0. The molecule has 0 spiro atoms. The number of benzene rings is 2. The van der Waals surface area contributed by atoms with Crippen molar-refractivity contribution in [3.05, 3.63) is 74.5 Å². The molecule has 0 fully saturated rings. The average Bonchev–Trinajstić information content (AvgIpc) is 2.57. The highest BCUT2D eigenvalue weighted by Gasteiger charge is 2.23. The first-order valence-corrected chi connectivity index (χ1v) is 8.24. The molecule has 0 bridgehead atoms. The molecule has 0 aliphatic carbocycles. The summed E-state index contributed by atoms with van der Waals surface area (Å²) in [5, 5.41) is 18.0. The number of anilines is 4. The molecule has 0 atom stereocenters. The third-order valence-electron chi connectivity index (χ3n) is 3.20. The Hall–Kier alpha value is -2.71. The Morgan fingerprint density at radius 2 is 1.64 bits per heavy atom. The molecule has 2 aromatic carbocycles. The van der Waals surface area contributed by atoms with Crippen molar-refractivity contribution in [3.63, 3.8) is 0 Å².